The molecule has 86 valence electrons. The van der Waals surface area contributed by atoms with Crippen molar-refractivity contribution in [3.63, 3.8) is 0 Å². The first-order valence-electron chi connectivity index (χ1n) is 5.54. The minimum absolute atomic E-state index is 0.319. The SMILES string of the molecule is Cc1cncc(CN2CCCC2C(=O)O)c1. The third-order valence-electron chi connectivity index (χ3n) is 2.97. The molecule has 1 aromatic rings. The molecule has 0 spiro atoms. The summed E-state index contributed by atoms with van der Waals surface area (Å²) in [4.78, 5) is 17.1. The van der Waals surface area contributed by atoms with Crippen LogP contribution < -0.4 is 0 Å². The van der Waals surface area contributed by atoms with E-state index >= 15 is 0 Å². The van der Waals surface area contributed by atoms with Gasteiger partial charge in [0.15, 0.2) is 0 Å². The summed E-state index contributed by atoms with van der Waals surface area (Å²) < 4.78 is 0. The average molecular weight is 220 g/mol. The maximum absolute atomic E-state index is 11.0. The molecular weight excluding hydrogens is 204 g/mol. The predicted molar refractivity (Wildman–Crippen MR) is 60.0 cm³/mol. The summed E-state index contributed by atoms with van der Waals surface area (Å²) in [6.07, 6.45) is 5.34. The lowest BCUT2D eigenvalue weighted by atomic mass is 10.2. The fraction of sp³-hybridized carbons (Fsp3) is 0.500. The first-order valence-corrected chi connectivity index (χ1v) is 5.54. The fourth-order valence-corrected chi connectivity index (χ4v) is 2.23. The van der Waals surface area contributed by atoms with Gasteiger partial charge in [-0.2, -0.15) is 0 Å². The van der Waals surface area contributed by atoms with Crippen molar-refractivity contribution in [2.45, 2.75) is 32.4 Å². The molecule has 16 heavy (non-hydrogen) atoms. The van der Waals surface area contributed by atoms with E-state index in [-0.39, 0.29) is 6.04 Å². The second-order valence-corrected chi connectivity index (χ2v) is 4.34. The van der Waals surface area contributed by atoms with Crippen LogP contribution in [0.5, 0.6) is 0 Å². The Balaban J connectivity index is 2.06. The Morgan fingerprint density at radius 2 is 2.44 bits per heavy atom. The lowest BCUT2D eigenvalue weighted by molar-refractivity contribution is -0.142. The highest BCUT2D eigenvalue weighted by Gasteiger charge is 2.30. The van der Waals surface area contributed by atoms with Gasteiger partial charge in [0.2, 0.25) is 0 Å². The first-order chi connectivity index (χ1) is 7.66. The number of hydrogen-bond acceptors (Lipinski definition) is 3. The van der Waals surface area contributed by atoms with Crippen LogP contribution in [0.25, 0.3) is 0 Å². The number of carbonyl (C=O) groups is 1. The minimum atomic E-state index is -0.710. The Hall–Kier alpha value is -1.42. The number of carboxylic acid groups (broad SMARTS) is 1. The molecule has 1 fully saturated rings. The van der Waals surface area contributed by atoms with Crippen LogP contribution in [0.15, 0.2) is 18.5 Å². The molecule has 0 aliphatic carbocycles. The summed E-state index contributed by atoms with van der Waals surface area (Å²) in [6.45, 7) is 3.55. The van der Waals surface area contributed by atoms with Gasteiger partial charge in [0.25, 0.3) is 0 Å². The number of pyridine rings is 1. The molecule has 4 heteroatoms. The molecule has 1 unspecified atom stereocenters. The Morgan fingerprint density at radius 3 is 3.12 bits per heavy atom. The van der Waals surface area contributed by atoms with E-state index in [9.17, 15) is 4.79 Å². The van der Waals surface area contributed by atoms with E-state index in [2.05, 4.69) is 11.1 Å². The Kier molecular flexibility index (Phi) is 3.19. The van der Waals surface area contributed by atoms with Crippen LogP contribution in [0.4, 0.5) is 0 Å². The molecule has 1 N–H and O–H groups in total. The highest BCUT2D eigenvalue weighted by atomic mass is 16.4. The van der Waals surface area contributed by atoms with Crippen LogP contribution in [-0.4, -0.2) is 33.5 Å². The van der Waals surface area contributed by atoms with Gasteiger partial charge < -0.3 is 5.11 Å². The van der Waals surface area contributed by atoms with E-state index in [4.69, 9.17) is 5.11 Å². The molecule has 0 amide bonds. The molecule has 0 radical (unpaired) electrons. The molecular formula is C12H16N2O2. The van der Waals surface area contributed by atoms with Gasteiger partial charge in [-0.1, -0.05) is 6.07 Å². The summed E-state index contributed by atoms with van der Waals surface area (Å²) in [5, 5.41) is 9.06. The number of nitrogens with zero attached hydrogens (tertiary/aromatic N) is 2. The number of aliphatic carboxylic acids is 1. The van der Waals surface area contributed by atoms with Gasteiger partial charge in [0, 0.05) is 18.9 Å². The quantitative estimate of drug-likeness (QED) is 0.837. The number of hydrogen-bond donors (Lipinski definition) is 1. The third kappa shape index (κ3) is 2.39. The molecule has 1 saturated heterocycles. The van der Waals surface area contributed by atoms with Gasteiger partial charge in [-0.15, -0.1) is 0 Å². The van der Waals surface area contributed by atoms with E-state index in [1.807, 2.05) is 24.2 Å². The van der Waals surface area contributed by atoms with E-state index in [0.717, 1.165) is 30.5 Å². The Bertz CT molecular complexity index is 392. The van der Waals surface area contributed by atoms with Gasteiger partial charge >= 0.3 is 5.97 Å². The highest BCUT2D eigenvalue weighted by molar-refractivity contribution is 5.73. The normalized spacial score (nSPS) is 21.2. The van der Waals surface area contributed by atoms with Crippen LogP contribution in [0.2, 0.25) is 0 Å². The topological polar surface area (TPSA) is 53.4 Å². The van der Waals surface area contributed by atoms with E-state index in [1.54, 1.807) is 0 Å². The second kappa shape index (κ2) is 4.61. The van der Waals surface area contributed by atoms with E-state index in [0.29, 0.717) is 6.54 Å². The molecule has 2 rings (SSSR count). The zero-order valence-corrected chi connectivity index (χ0v) is 9.39. The second-order valence-electron chi connectivity index (χ2n) is 4.34. The maximum Gasteiger partial charge on any atom is 0.320 e. The van der Waals surface area contributed by atoms with Crippen molar-refractivity contribution in [1.29, 1.82) is 0 Å². The Labute approximate surface area is 94.9 Å². The summed E-state index contributed by atoms with van der Waals surface area (Å²) in [5.41, 5.74) is 2.21. The number of aryl methyl sites for hydroxylation is 1. The molecule has 0 bridgehead atoms. The molecule has 0 aromatic carbocycles. The molecule has 0 saturated carbocycles. The molecule has 4 nitrogen and oxygen atoms in total. The van der Waals surface area contributed by atoms with Crippen LogP contribution in [0, 0.1) is 6.92 Å². The summed E-state index contributed by atoms with van der Waals surface area (Å²) in [5.74, 6) is -0.710. The lowest BCUT2D eigenvalue weighted by Crippen LogP contribution is -2.35. The maximum atomic E-state index is 11.0. The standard InChI is InChI=1S/C12H16N2O2/c1-9-5-10(7-13-6-9)8-14-4-2-3-11(14)12(15)16/h5-7,11H,2-4,8H2,1H3,(H,15,16). The minimum Gasteiger partial charge on any atom is -0.480 e. The van der Waals surface area contributed by atoms with Gasteiger partial charge in [-0.25, -0.2) is 0 Å². The van der Waals surface area contributed by atoms with E-state index in [1.165, 1.54) is 0 Å². The largest absolute Gasteiger partial charge is 0.480 e. The van der Waals surface area contributed by atoms with Crippen molar-refractivity contribution in [2.75, 3.05) is 6.54 Å². The monoisotopic (exact) mass is 220 g/mol. The van der Waals surface area contributed by atoms with Crippen molar-refractivity contribution in [2.24, 2.45) is 0 Å². The van der Waals surface area contributed by atoms with Crippen molar-refractivity contribution < 1.29 is 9.90 Å². The van der Waals surface area contributed by atoms with Crippen molar-refractivity contribution in [3.8, 4) is 0 Å². The lowest BCUT2D eigenvalue weighted by Gasteiger charge is -2.20. The summed E-state index contributed by atoms with van der Waals surface area (Å²) in [6, 6.07) is 1.74. The third-order valence-corrected chi connectivity index (χ3v) is 2.97. The number of aromatic nitrogens is 1. The van der Waals surface area contributed by atoms with Crippen LogP contribution in [-0.2, 0) is 11.3 Å². The van der Waals surface area contributed by atoms with Gasteiger partial charge in [0.1, 0.15) is 6.04 Å². The van der Waals surface area contributed by atoms with Crippen molar-refractivity contribution in [1.82, 2.24) is 9.88 Å². The van der Waals surface area contributed by atoms with Crippen LogP contribution in [0.3, 0.4) is 0 Å². The number of rotatable bonds is 3. The van der Waals surface area contributed by atoms with Crippen molar-refractivity contribution in [3.05, 3.63) is 29.6 Å². The summed E-state index contributed by atoms with van der Waals surface area (Å²) in [7, 11) is 0. The molecule has 2 heterocycles. The van der Waals surface area contributed by atoms with E-state index < -0.39 is 5.97 Å². The molecule has 1 aromatic heterocycles. The average Bonchev–Trinajstić information content (AvgIpc) is 2.66. The predicted octanol–water partition coefficient (Wildman–Crippen LogP) is 1.44. The fourth-order valence-electron chi connectivity index (χ4n) is 2.23. The van der Waals surface area contributed by atoms with Gasteiger partial charge in [-0.3, -0.25) is 14.7 Å². The van der Waals surface area contributed by atoms with Crippen LogP contribution >= 0.6 is 0 Å². The first kappa shape index (κ1) is 11.1. The number of likely N-dealkylation sites (tertiary alicyclic amines) is 1. The zero-order chi connectivity index (χ0) is 11.5. The molecule has 1 atom stereocenters. The molecule has 1 aliphatic rings. The van der Waals surface area contributed by atoms with Gasteiger partial charge in [0.05, 0.1) is 0 Å². The van der Waals surface area contributed by atoms with Gasteiger partial charge in [-0.05, 0) is 37.4 Å². The number of carboxylic acids is 1. The van der Waals surface area contributed by atoms with Crippen molar-refractivity contribution >= 4 is 5.97 Å². The zero-order valence-electron chi connectivity index (χ0n) is 9.39. The molecule has 1 aliphatic heterocycles. The van der Waals surface area contributed by atoms with Crippen LogP contribution in [0.1, 0.15) is 24.0 Å². The Morgan fingerprint density at radius 1 is 1.62 bits per heavy atom. The highest BCUT2D eigenvalue weighted by Crippen LogP contribution is 2.20. The smallest absolute Gasteiger partial charge is 0.320 e. The summed E-state index contributed by atoms with van der Waals surface area (Å²) >= 11 is 0.